The van der Waals surface area contributed by atoms with Crippen molar-refractivity contribution in [3.05, 3.63) is 53.6 Å². The van der Waals surface area contributed by atoms with Gasteiger partial charge < -0.3 is 19.5 Å². The molecule has 0 aromatic heterocycles. The van der Waals surface area contributed by atoms with Crippen LogP contribution in [-0.2, 0) is 6.54 Å². The molecule has 2 aromatic carbocycles. The van der Waals surface area contributed by atoms with Crippen molar-refractivity contribution in [2.24, 2.45) is 0 Å². The average molecular weight is 355 g/mol. The van der Waals surface area contributed by atoms with E-state index in [-0.39, 0.29) is 18.2 Å². The fraction of sp³-hybridized carbons (Fsp3) is 0.235. The second kappa shape index (κ2) is 7.78. The van der Waals surface area contributed by atoms with E-state index in [0.717, 1.165) is 0 Å². The van der Waals surface area contributed by atoms with Gasteiger partial charge in [-0.25, -0.2) is 0 Å². The topological polar surface area (TPSA) is 56.8 Å². The first-order valence-electron chi connectivity index (χ1n) is 7.17. The van der Waals surface area contributed by atoms with E-state index < -0.39 is 6.36 Å². The Bertz CT molecular complexity index is 730. The third-order valence-corrected chi connectivity index (χ3v) is 3.26. The first kappa shape index (κ1) is 18.4. The lowest BCUT2D eigenvalue weighted by atomic mass is 10.1. The maximum Gasteiger partial charge on any atom is 0.573 e. The molecular formula is C17H16F3NO4. The Morgan fingerprint density at radius 1 is 1.00 bits per heavy atom. The molecule has 2 aromatic rings. The van der Waals surface area contributed by atoms with Crippen LogP contribution in [0, 0.1) is 0 Å². The van der Waals surface area contributed by atoms with E-state index in [1.54, 1.807) is 12.1 Å². The van der Waals surface area contributed by atoms with Gasteiger partial charge in [-0.3, -0.25) is 4.79 Å². The number of halogens is 3. The normalized spacial score (nSPS) is 10.9. The molecule has 5 nitrogen and oxygen atoms in total. The van der Waals surface area contributed by atoms with Gasteiger partial charge in [-0.2, -0.15) is 0 Å². The van der Waals surface area contributed by atoms with E-state index in [9.17, 15) is 18.0 Å². The molecule has 1 N–H and O–H groups in total. The van der Waals surface area contributed by atoms with Crippen molar-refractivity contribution in [2.75, 3.05) is 14.2 Å². The van der Waals surface area contributed by atoms with Gasteiger partial charge >= 0.3 is 6.36 Å². The molecule has 0 spiro atoms. The minimum Gasteiger partial charge on any atom is -0.493 e. The van der Waals surface area contributed by atoms with Gasteiger partial charge in [-0.05, 0) is 35.9 Å². The lowest BCUT2D eigenvalue weighted by molar-refractivity contribution is -0.274. The maximum absolute atomic E-state index is 12.2. The summed E-state index contributed by atoms with van der Waals surface area (Å²) >= 11 is 0. The summed E-state index contributed by atoms with van der Waals surface area (Å²) in [7, 11) is 2.95. The third kappa shape index (κ3) is 5.30. The lowest BCUT2D eigenvalue weighted by Gasteiger charge is -2.11. The molecular weight excluding hydrogens is 339 g/mol. The van der Waals surface area contributed by atoms with Crippen molar-refractivity contribution in [1.29, 1.82) is 0 Å². The summed E-state index contributed by atoms with van der Waals surface area (Å²) < 4.78 is 50.3. The van der Waals surface area contributed by atoms with Gasteiger partial charge in [0.05, 0.1) is 14.2 Å². The molecule has 0 saturated heterocycles. The van der Waals surface area contributed by atoms with Crippen molar-refractivity contribution in [2.45, 2.75) is 12.9 Å². The molecule has 25 heavy (non-hydrogen) atoms. The standard InChI is InChI=1S/C17H16F3NO4/c1-23-14-8-5-12(9-15(14)24-2)16(22)21-10-11-3-6-13(7-4-11)25-17(18,19)20/h3-9H,10H2,1-2H3,(H,21,22). The van der Waals surface area contributed by atoms with E-state index >= 15 is 0 Å². The molecule has 0 aliphatic rings. The smallest absolute Gasteiger partial charge is 0.493 e. The number of ether oxygens (including phenoxy) is 3. The predicted molar refractivity (Wildman–Crippen MR) is 83.8 cm³/mol. The van der Waals surface area contributed by atoms with E-state index in [1.807, 2.05) is 0 Å². The molecule has 2 rings (SSSR count). The number of methoxy groups -OCH3 is 2. The first-order chi connectivity index (χ1) is 11.8. The summed E-state index contributed by atoms with van der Waals surface area (Å²) in [5.74, 6) is 0.252. The molecule has 0 atom stereocenters. The van der Waals surface area contributed by atoms with Crippen molar-refractivity contribution in [1.82, 2.24) is 5.32 Å². The van der Waals surface area contributed by atoms with Gasteiger partial charge in [0.2, 0.25) is 0 Å². The van der Waals surface area contributed by atoms with Crippen LogP contribution in [0.2, 0.25) is 0 Å². The number of rotatable bonds is 6. The number of hydrogen-bond donors (Lipinski definition) is 1. The summed E-state index contributed by atoms with van der Waals surface area (Å²) in [6.07, 6.45) is -4.73. The molecule has 1 amide bonds. The summed E-state index contributed by atoms with van der Waals surface area (Å²) in [4.78, 5) is 12.2. The lowest BCUT2D eigenvalue weighted by Crippen LogP contribution is -2.22. The number of nitrogens with one attached hydrogen (secondary N) is 1. The zero-order chi connectivity index (χ0) is 18.4. The van der Waals surface area contributed by atoms with Crippen molar-refractivity contribution >= 4 is 5.91 Å². The van der Waals surface area contributed by atoms with Gasteiger partial charge in [-0.15, -0.1) is 13.2 Å². The molecule has 8 heteroatoms. The number of carbonyl (C=O) groups excluding carboxylic acids is 1. The minimum absolute atomic E-state index is 0.152. The molecule has 0 aliphatic carbocycles. The van der Waals surface area contributed by atoms with Crippen molar-refractivity contribution in [3.8, 4) is 17.2 Å². The van der Waals surface area contributed by atoms with Gasteiger partial charge in [-0.1, -0.05) is 12.1 Å². The van der Waals surface area contributed by atoms with E-state index in [2.05, 4.69) is 10.1 Å². The van der Waals surface area contributed by atoms with Crippen LogP contribution in [0.25, 0.3) is 0 Å². The molecule has 0 unspecified atom stereocenters. The van der Waals surface area contributed by atoms with Gasteiger partial charge in [0.25, 0.3) is 5.91 Å². The quantitative estimate of drug-likeness (QED) is 0.861. The fourth-order valence-corrected chi connectivity index (χ4v) is 2.07. The molecule has 0 bridgehead atoms. The minimum atomic E-state index is -4.73. The average Bonchev–Trinajstić information content (AvgIpc) is 2.58. The second-order valence-electron chi connectivity index (χ2n) is 4.94. The SMILES string of the molecule is COc1ccc(C(=O)NCc2ccc(OC(F)(F)F)cc2)cc1OC. The van der Waals surface area contributed by atoms with Gasteiger partial charge in [0.15, 0.2) is 11.5 Å². The molecule has 0 saturated carbocycles. The highest BCUT2D eigenvalue weighted by molar-refractivity contribution is 5.94. The Labute approximate surface area is 142 Å². The monoisotopic (exact) mass is 355 g/mol. The number of hydrogen-bond acceptors (Lipinski definition) is 4. The van der Waals surface area contributed by atoms with Crippen LogP contribution in [0.4, 0.5) is 13.2 Å². The number of alkyl halides is 3. The third-order valence-electron chi connectivity index (χ3n) is 3.26. The van der Waals surface area contributed by atoms with Gasteiger partial charge in [0, 0.05) is 12.1 Å². The highest BCUT2D eigenvalue weighted by atomic mass is 19.4. The second-order valence-corrected chi connectivity index (χ2v) is 4.94. The summed E-state index contributed by atoms with van der Waals surface area (Å²) in [6, 6.07) is 9.98. The fourth-order valence-electron chi connectivity index (χ4n) is 2.07. The predicted octanol–water partition coefficient (Wildman–Crippen LogP) is 3.53. The molecule has 0 radical (unpaired) electrons. The van der Waals surface area contributed by atoms with Crippen molar-refractivity contribution < 1.29 is 32.2 Å². The van der Waals surface area contributed by atoms with Crippen LogP contribution >= 0.6 is 0 Å². The number of benzene rings is 2. The van der Waals surface area contributed by atoms with Crippen LogP contribution in [0.1, 0.15) is 15.9 Å². The number of amides is 1. The first-order valence-corrected chi connectivity index (χ1v) is 7.17. The van der Waals surface area contributed by atoms with E-state index in [4.69, 9.17) is 9.47 Å². The summed E-state index contributed by atoms with van der Waals surface area (Å²) in [5, 5.41) is 2.67. The van der Waals surface area contributed by atoms with E-state index in [1.165, 1.54) is 44.6 Å². The number of carbonyl (C=O) groups is 1. The Morgan fingerprint density at radius 3 is 2.20 bits per heavy atom. The Morgan fingerprint density at radius 2 is 1.64 bits per heavy atom. The molecule has 134 valence electrons. The zero-order valence-corrected chi connectivity index (χ0v) is 13.5. The van der Waals surface area contributed by atoms with Gasteiger partial charge in [0.1, 0.15) is 5.75 Å². The highest BCUT2D eigenvalue weighted by Gasteiger charge is 2.30. The van der Waals surface area contributed by atoms with Crippen LogP contribution in [-0.4, -0.2) is 26.5 Å². The Hall–Kier alpha value is -2.90. The Kier molecular flexibility index (Phi) is 5.74. The Balaban J connectivity index is 1.98. The van der Waals surface area contributed by atoms with Crippen molar-refractivity contribution in [3.63, 3.8) is 0 Å². The van der Waals surface area contributed by atoms with Crippen LogP contribution in [0.15, 0.2) is 42.5 Å². The summed E-state index contributed by atoms with van der Waals surface area (Å²) in [6.45, 7) is 0.152. The van der Waals surface area contributed by atoms with E-state index in [0.29, 0.717) is 22.6 Å². The molecule has 0 aliphatic heterocycles. The highest BCUT2D eigenvalue weighted by Crippen LogP contribution is 2.27. The molecule has 0 heterocycles. The van der Waals surface area contributed by atoms with Crippen LogP contribution in [0.5, 0.6) is 17.2 Å². The van der Waals surface area contributed by atoms with Crippen LogP contribution in [0.3, 0.4) is 0 Å². The van der Waals surface area contributed by atoms with Crippen LogP contribution < -0.4 is 19.5 Å². The maximum atomic E-state index is 12.2. The molecule has 0 fully saturated rings. The largest absolute Gasteiger partial charge is 0.573 e. The zero-order valence-electron chi connectivity index (χ0n) is 13.5. The summed E-state index contributed by atoms with van der Waals surface area (Å²) in [5.41, 5.74) is 0.998.